The van der Waals surface area contributed by atoms with Crippen molar-refractivity contribution >= 4 is 11.8 Å². The van der Waals surface area contributed by atoms with E-state index >= 15 is 0 Å². The second-order valence-electron chi connectivity index (χ2n) is 7.58. The predicted molar refractivity (Wildman–Crippen MR) is 101 cm³/mol. The van der Waals surface area contributed by atoms with E-state index in [9.17, 15) is 9.59 Å². The standard InChI is InChI=1S/C21H24N4O2/c1-13-19(14(2)23-12-22-13)21(27)24-9-17-10-25(15(3)26)20(18(17)11-24)16-7-5-4-6-8-16/h4-8,12,17-18,20H,9-11H2,1-3H3/t17-,18-,20+/m1/s1. The topological polar surface area (TPSA) is 66.4 Å². The van der Waals surface area contributed by atoms with Crippen molar-refractivity contribution < 1.29 is 9.59 Å². The number of fused-ring (bicyclic) bond motifs is 1. The Bertz CT molecular complexity index is 863. The number of benzene rings is 1. The summed E-state index contributed by atoms with van der Waals surface area (Å²) in [6.07, 6.45) is 1.50. The molecule has 0 N–H and O–H groups in total. The van der Waals surface area contributed by atoms with Crippen LogP contribution >= 0.6 is 0 Å². The number of aryl methyl sites for hydroxylation is 2. The minimum Gasteiger partial charge on any atom is -0.338 e. The molecule has 3 heterocycles. The van der Waals surface area contributed by atoms with Crippen molar-refractivity contribution in [3.8, 4) is 0 Å². The van der Waals surface area contributed by atoms with E-state index in [-0.39, 0.29) is 23.8 Å². The predicted octanol–water partition coefficient (Wildman–Crippen LogP) is 2.39. The van der Waals surface area contributed by atoms with Gasteiger partial charge in [-0.1, -0.05) is 30.3 Å². The molecular weight excluding hydrogens is 340 g/mol. The van der Waals surface area contributed by atoms with E-state index in [2.05, 4.69) is 22.1 Å². The van der Waals surface area contributed by atoms with Gasteiger partial charge in [0.05, 0.1) is 23.0 Å². The Hall–Kier alpha value is -2.76. The van der Waals surface area contributed by atoms with E-state index in [1.807, 2.05) is 41.8 Å². The van der Waals surface area contributed by atoms with E-state index in [0.29, 0.717) is 31.1 Å². The molecule has 1 aromatic heterocycles. The minimum atomic E-state index is 0.00110. The molecule has 27 heavy (non-hydrogen) atoms. The van der Waals surface area contributed by atoms with Crippen LogP contribution in [0.15, 0.2) is 36.7 Å². The Kier molecular flexibility index (Phi) is 4.42. The summed E-state index contributed by atoms with van der Waals surface area (Å²) >= 11 is 0. The van der Waals surface area contributed by atoms with Crippen LogP contribution in [0, 0.1) is 25.7 Å². The lowest BCUT2D eigenvalue weighted by atomic mass is 9.89. The number of amides is 2. The monoisotopic (exact) mass is 364 g/mol. The Labute approximate surface area is 159 Å². The van der Waals surface area contributed by atoms with E-state index in [1.54, 1.807) is 6.92 Å². The van der Waals surface area contributed by atoms with E-state index in [4.69, 9.17) is 0 Å². The van der Waals surface area contributed by atoms with Gasteiger partial charge in [0.1, 0.15) is 6.33 Å². The van der Waals surface area contributed by atoms with Gasteiger partial charge in [-0.2, -0.15) is 0 Å². The molecule has 0 radical (unpaired) electrons. The number of likely N-dealkylation sites (tertiary alicyclic amines) is 2. The van der Waals surface area contributed by atoms with Gasteiger partial charge < -0.3 is 9.80 Å². The van der Waals surface area contributed by atoms with E-state index < -0.39 is 0 Å². The number of hydrogen-bond donors (Lipinski definition) is 0. The van der Waals surface area contributed by atoms with Crippen LogP contribution in [0.25, 0.3) is 0 Å². The normalized spacial score (nSPS) is 24.2. The van der Waals surface area contributed by atoms with Crippen molar-refractivity contribution in [1.29, 1.82) is 0 Å². The molecule has 2 aromatic rings. The van der Waals surface area contributed by atoms with Crippen LogP contribution in [0.2, 0.25) is 0 Å². The number of carbonyl (C=O) groups is 2. The number of rotatable bonds is 2. The van der Waals surface area contributed by atoms with Crippen molar-refractivity contribution in [2.24, 2.45) is 11.8 Å². The summed E-state index contributed by atoms with van der Waals surface area (Å²) in [4.78, 5) is 37.6. The summed E-state index contributed by atoms with van der Waals surface area (Å²) in [5, 5.41) is 0. The zero-order chi connectivity index (χ0) is 19.1. The minimum absolute atomic E-state index is 0.00110. The van der Waals surface area contributed by atoms with Crippen LogP contribution < -0.4 is 0 Å². The third kappa shape index (κ3) is 2.99. The summed E-state index contributed by atoms with van der Waals surface area (Å²) in [7, 11) is 0. The molecule has 1 aromatic carbocycles. The maximum absolute atomic E-state index is 13.1. The van der Waals surface area contributed by atoms with Gasteiger partial charge >= 0.3 is 0 Å². The summed E-state index contributed by atoms with van der Waals surface area (Å²) < 4.78 is 0. The second kappa shape index (κ2) is 6.76. The number of nitrogens with zero attached hydrogens (tertiary/aromatic N) is 4. The molecule has 0 saturated carbocycles. The Balaban J connectivity index is 1.62. The SMILES string of the molecule is CC(=O)N1C[C@H]2CN(C(=O)c3c(C)ncnc3C)C[C@H]2[C@@H]1c1ccccc1. The molecule has 6 heteroatoms. The second-order valence-corrected chi connectivity index (χ2v) is 7.58. The summed E-state index contributed by atoms with van der Waals surface area (Å²) in [6.45, 7) is 7.36. The third-order valence-electron chi connectivity index (χ3n) is 5.94. The molecule has 2 aliphatic rings. The first-order valence-electron chi connectivity index (χ1n) is 9.37. The quantitative estimate of drug-likeness (QED) is 0.821. The average molecular weight is 364 g/mol. The first-order chi connectivity index (χ1) is 13.0. The molecule has 0 bridgehead atoms. The summed E-state index contributed by atoms with van der Waals surface area (Å²) in [5.41, 5.74) is 3.19. The molecule has 3 atom stereocenters. The van der Waals surface area contributed by atoms with Crippen molar-refractivity contribution in [3.05, 3.63) is 59.2 Å². The fraction of sp³-hybridized carbons (Fsp3) is 0.429. The summed E-state index contributed by atoms with van der Waals surface area (Å²) in [6, 6.07) is 10.2. The maximum Gasteiger partial charge on any atom is 0.257 e. The summed E-state index contributed by atoms with van der Waals surface area (Å²) in [5.74, 6) is 0.652. The first kappa shape index (κ1) is 17.6. The van der Waals surface area contributed by atoms with Gasteiger partial charge in [0.25, 0.3) is 5.91 Å². The molecule has 0 aliphatic carbocycles. The Morgan fingerprint density at radius 1 is 1.00 bits per heavy atom. The molecule has 6 nitrogen and oxygen atoms in total. The fourth-order valence-electron chi connectivity index (χ4n) is 4.67. The highest BCUT2D eigenvalue weighted by Crippen LogP contribution is 2.45. The van der Waals surface area contributed by atoms with Crippen LogP contribution in [-0.2, 0) is 4.79 Å². The van der Waals surface area contributed by atoms with Gasteiger partial charge in [-0.05, 0) is 19.4 Å². The lowest BCUT2D eigenvalue weighted by molar-refractivity contribution is -0.130. The Morgan fingerprint density at radius 2 is 1.67 bits per heavy atom. The lowest BCUT2D eigenvalue weighted by Gasteiger charge is -2.29. The molecule has 0 unspecified atom stereocenters. The number of carbonyl (C=O) groups excluding carboxylic acids is 2. The van der Waals surface area contributed by atoms with Crippen molar-refractivity contribution in [2.75, 3.05) is 19.6 Å². The smallest absolute Gasteiger partial charge is 0.257 e. The van der Waals surface area contributed by atoms with E-state index in [1.165, 1.54) is 6.33 Å². The highest BCUT2D eigenvalue weighted by atomic mass is 16.2. The van der Waals surface area contributed by atoms with Gasteiger partial charge in [0, 0.05) is 38.4 Å². The van der Waals surface area contributed by atoms with Gasteiger partial charge in [-0.15, -0.1) is 0 Å². The Morgan fingerprint density at radius 3 is 2.30 bits per heavy atom. The first-order valence-corrected chi connectivity index (χ1v) is 9.37. The molecule has 140 valence electrons. The van der Waals surface area contributed by atoms with Crippen LogP contribution in [0.1, 0.15) is 40.3 Å². The molecule has 4 rings (SSSR count). The molecule has 2 amide bonds. The molecule has 2 aliphatic heterocycles. The van der Waals surface area contributed by atoms with Crippen molar-refractivity contribution in [2.45, 2.75) is 26.8 Å². The largest absolute Gasteiger partial charge is 0.338 e. The zero-order valence-electron chi connectivity index (χ0n) is 15.9. The van der Waals surface area contributed by atoms with Gasteiger partial charge in [-0.25, -0.2) is 9.97 Å². The van der Waals surface area contributed by atoms with Crippen molar-refractivity contribution in [1.82, 2.24) is 19.8 Å². The van der Waals surface area contributed by atoms with Gasteiger partial charge in [0.15, 0.2) is 0 Å². The van der Waals surface area contributed by atoms with Gasteiger partial charge in [0.2, 0.25) is 5.91 Å². The molecule has 0 spiro atoms. The number of aromatic nitrogens is 2. The number of hydrogen-bond acceptors (Lipinski definition) is 4. The van der Waals surface area contributed by atoms with Gasteiger partial charge in [-0.3, -0.25) is 9.59 Å². The third-order valence-corrected chi connectivity index (χ3v) is 5.94. The average Bonchev–Trinajstić information content (AvgIpc) is 3.20. The molecule has 2 fully saturated rings. The van der Waals surface area contributed by atoms with Crippen LogP contribution in [0.3, 0.4) is 0 Å². The molecular formula is C21H24N4O2. The molecule has 2 saturated heterocycles. The fourth-order valence-corrected chi connectivity index (χ4v) is 4.67. The van der Waals surface area contributed by atoms with Crippen LogP contribution in [0.4, 0.5) is 0 Å². The lowest BCUT2D eigenvalue weighted by Crippen LogP contribution is -2.37. The zero-order valence-corrected chi connectivity index (χ0v) is 15.9. The van der Waals surface area contributed by atoms with Crippen molar-refractivity contribution in [3.63, 3.8) is 0 Å². The highest BCUT2D eigenvalue weighted by molar-refractivity contribution is 5.96. The van der Waals surface area contributed by atoms with Crippen LogP contribution in [-0.4, -0.2) is 51.2 Å². The highest BCUT2D eigenvalue weighted by Gasteiger charge is 2.49. The van der Waals surface area contributed by atoms with Crippen LogP contribution in [0.5, 0.6) is 0 Å². The van der Waals surface area contributed by atoms with E-state index in [0.717, 1.165) is 17.0 Å². The maximum atomic E-state index is 13.1.